The summed E-state index contributed by atoms with van der Waals surface area (Å²) in [5.74, 6) is 0.0413. The Morgan fingerprint density at radius 2 is 2.36 bits per heavy atom. The number of nitriles is 1. The molecule has 1 saturated heterocycles. The Balaban J connectivity index is 2.41. The Kier molecular flexibility index (Phi) is 4.33. The lowest BCUT2D eigenvalue weighted by Crippen LogP contribution is -2.49. The standard InChI is InChI=1S/C10H18N2O2/c1-8(3-11)4-12-5-9(2)14-10(6-12)7-13/h8-10,13H,4-7H2,1-2H3. The monoisotopic (exact) mass is 198 g/mol. The zero-order valence-electron chi connectivity index (χ0n) is 8.81. The van der Waals surface area contributed by atoms with Crippen LogP contribution in [0.1, 0.15) is 13.8 Å². The van der Waals surface area contributed by atoms with E-state index in [0.717, 1.165) is 19.6 Å². The van der Waals surface area contributed by atoms with Gasteiger partial charge in [-0.25, -0.2) is 0 Å². The highest BCUT2D eigenvalue weighted by Gasteiger charge is 2.25. The number of hydrogen-bond donors (Lipinski definition) is 1. The molecule has 14 heavy (non-hydrogen) atoms. The van der Waals surface area contributed by atoms with E-state index in [4.69, 9.17) is 15.1 Å². The van der Waals surface area contributed by atoms with E-state index in [2.05, 4.69) is 11.0 Å². The molecule has 0 aromatic carbocycles. The molecular weight excluding hydrogens is 180 g/mol. The summed E-state index contributed by atoms with van der Waals surface area (Å²) in [6.07, 6.45) is 0.0523. The minimum atomic E-state index is -0.0929. The Labute approximate surface area is 85.1 Å². The van der Waals surface area contributed by atoms with Gasteiger partial charge >= 0.3 is 0 Å². The van der Waals surface area contributed by atoms with Crippen molar-refractivity contribution in [3.63, 3.8) is 0 Å². The quantitative estimate of drug-likeness (QED) is 0.705. The van der Waals surface area contributed by atoms with Crippen molar-refractivity contribution in [1.29, 1.82) is 5.26 Å². The number of ether oxygens (including phenoxy) is 1. The molecular formula is C10H18N2O2. The molecule has 1 heterocycles. The molecule has 0 aliphatic carbocycles. The summed E-state index contributed by atoms with van der Waals surface area (Å²) >= 11 is 0. The minimum absolute atomic E-state index is 0.0413. The van der Waals surface area contributed by atoms with Gasteiger partial charge in [0.15, 0.2) is 0 Å². The first-order valence-corrected chi connectivity index (χ1v) is 5.04. The van der Waals surface area contributed by atoms with E-state index in [0.29, 0.717) is 0 Å². The number of rotatable bonds is 3. The first-order chi connectivity index (χ1) is 6.65. The second kappa shape index (κ2) is 5.30. The van der Waals surface area contributed by atoms with Crippen LogP contribution in [0.15, 0.2) is 0 Å². The van der Waals surface area contributed by atoms with Gasteiger partial charge in [0.2, 0.25) is 0 Å². The van der Waals surface area contributed by atoms with Crippen molar-refractivity contribution in [2.24, 2.45) is 5.92 Å². The Bertz CT molecular complexity index is 215. The number of hydrogen-bond acceptors (Lipinski definition) is 4. The van der Waals surface area contributed by atoms with Gasteiger partial charge in [-0.2, -0.15) is 5.26 Å². The van der Waals surface area contributed by atoms with Gasteiger partial charge in [-0.05, 0) is 13.8 Å². The third-order valence-corrected chi connectivity index (χ3v) is 2.36. The van der Waals surface area contributed by atoms with Crippen LogP contribution in [0.3, 0.4) is 0 Å². The van der Waals surface area contributed by atoms with Crippen molar-refractivity contribution in [3.05, 3.63) is 0 Å². The summed E-state index contributed by atoms with van der Waals surface area (Å²) in [6, 6.07) is 2.21. The highest BCUT2D eigenvalue weighted by molar-refractivity contribution is 4.84. The zero-order chi connectivity index (χ0) is 10.6. The molecule has 0 spiro atoms. The van der Waals surface area contributed by atoms with Gasteiger partial charge in [0.05, 0.1) is 30.8 Å². The van der Waals surface area contributed by atoms with Crippen LogP contribution >= 0.6 is 0 Å². The lowest BCUT2D eigenvalue weighted by molar-refractivity contribution is -0.0963. The van der Waals surface area contributed by atoms with Crippen molar-refractivity contribution < 1.29 is 9.84 Å². The van der Waals surface area contributed by atoms with Crippen molar-refractivity contribution in [1.82, 2.24) is 4.90 Å². The molecule has 0 aromatic heterocycles. The Morgan fingerprint density at radius 1 is 1.64 bits per heavy atom. The van der Waals surface area contributed by atoms with Crippen LogP contribution in [0.2, 0.25) is 0 Å². The van der Waals surface area contributed by atoms with E-state index in [1.807, 2.05) is 13.8 Å². The Hall–Kier alpha value is -0.630. The van der Waals surface area contributed by atoms with Crippen molar-refractivity contribution in [3.8, 4) is 6.07 Å². The van der Waals surface area contributed by atoms with E-state index in [-0.39, 0.29) is 24.7 Å². The summed E-state index contributed by atoms with van der Waals surface area (Å²) in [5.41, 5.74) is 0. The summed E-state index contributed by atoms with van der Waals surface area (Å²) in [6.45, 7) is 6.30. The summed E-state index contributed by atoms with van der Waals surface area (Å²) in [5, 5.41) is 17.7. The summed E-state index contributed by atoms with van der Waals surface area (Å²) in [7, 11) is 0. The fourth-order valence-electron chi connectivity index (χ4n) is 1.82. The van der Waals surface area contributed by atoms with Crippen molar-refractivity contribution in [2.75, 3.05) is 26.2 Å². The van der Waals surface area contributed by atoms with Crippen LogP contribution in [0, 0.1) is 17.2 Å². The first-order valence-electron chi connectivity index (χ1n) is 5.04. The fourth-order valence-corrected chi connectivity index (χ4v) is 1.82. The fraction of sp³-hybridized carbons (Fsp3) is 0.900. The second-order valence-corrected chi connectivity index (χ2v) is 4.00. The van der Waals surface area contributed by atoms with Gasteiger partial charge in [0.25, 0.3) is 0 Å². The van der Waals surface area contributed by atoms with Crippen molar-refractivity contribution in [2.45, 2.75) is 26.1 Å². The lowest BCUT2D eigenvalue weighted by atomic mass is 10.1. The molecule has 1 rings (SSSR count). The molecule has 0 bridgehead atoms. The molecule has 4 nitrogen and oxygen atoms in total. The molecule has 1 fully saturated rings. The predicted molar refractivity (Wildman–Crippen MR) is 52.6 cm³/mol. The number of morpholine rings is 1. The van der Waals surface area contributed by atoms with E-state index < -0.39 is 0 Å². The molecule has 1 aliphatic heterocycles. The summed E-state index contributed by atoms with van der Waals surface area (Å²) in [4.78, 5) is 2.18. The maximum atomic E-state index is 9.00. The van der Waals surface area contributed by atoms with Gasteiger partial charge < -0.3 is 9.84 Å². The molecule has 80 valence electrons. The van der Waals surface area contributed by atoms with Crippen LogP contribution in [0.4, 0.5) is 0 Å². The third-order valence-electron chi connectivity index (χ3n) is 2.36. The molecule has 4 heteroatoms. The van der Waals surface area contributed by atoms with Gasteiger partial charge in [0.1, 0.15) is 0 Å². The molecule has 0 amide bonds. The number of aliphatic hydroxyl groups is 1. The van der Waals surface area contributed by atoms with Crippen molar-refractivity contribution >= 4 is 0 Å². The van der Waals surface area contributed by atoms with Gasteiger partial charge in [0, 0.05) is 19.6 Å². The molecule has 0 aromatic rings. The largest absolute Gasteiger partial charge is 0.394 e. The van der Waals surface area contributed by atoms with E-state index in [9.17, 15) is 0 Å². The highest BCUT2D eigenvalue weighted by atomic mass is 16.5. The smallest absolute Gasteiger partial charge is 0.0936 e. The predicted octanol–water partition coefficient (Wildman–Crippen LogP) is 0.228. The van der Waals surface area contributed by atoms with E-state index in [1.165, 1.54) is 0 Å². The maximum absolute atomic E-state index is 9.00. The molecule has 0 saturated carbocycles. The molecule has 3 atom stereocenters. The van der Waals surface area contributed by atoms with Gasteiger partial charge in [-0.15, -0.1) is 0 Å². The third kappa shape index (κ3) is 3.26. The average Bonchev–Trinajstić information content (AvgIpc) is 2.16. The van der Waals surface area contributed by atoms with Gasteiger partial charge in [-0.1, -0.05) is 0 Å². The SMILES string of the molecule is CC(C#N)CN1CC(C)OC(CO)C1. The summed E-state index contributed by atoms with van der Waals surface area (Å²) < 4.78 is 5.51. The first kappa shape index (κ1) is 11.4. The van der Waals surface area contributed by atoms with Gasteiger partial charge in [-0.3, -0.25) is 4.90 Å². The van der Waals surface area contributed by atoms with Crippen LogP contribution in [0.25, 0.3) is 0 Å². The maximum Gasteiger partial charge on any atom is 0.0936 e. The second-order valence-electron chi connectivity index (χ2n) is 4.00. The molecule has 3 unspecified atom stereocenters. The zero-order valence-corrected chi connectivity index (χ0v) is 8.81. The average molecular weight is 198 g/mol. The highest BCUT2D eigenvalue weighted by Crippen LogP contribution is 2.12. The molecule has 0 radical (unpaired) electrons. The Morgan fingerprint density at radius 3 is 2.93 bits per heavy atom. The molecule has 1 N–H and O–H groups in total. The van der Waals surface area contributed by atoms with Crippen LogP contribution in [-0.4, -0.2) is 48.5 Å². The van der Waals surface area contributed by atoms with Crippen LogP contribution in [0.5, 0.6) is 0 Å². The number of aliphatic hydroxyl groups excluding tert-OH is 1. The number of nitrogens with zero attached hydrogens (tertiary/aromatic N) is 2. The van der Waals surface area contributed by atoms with E-state index >= 15 is 0 Å². The van der Waals surface area contributed by atoms with E-state index in [1.54, 1.807) is 0 Å². The normalized spacial score (nSPS) is 31.0. The minimum Gasteiger partial charge on any atom is -0.394 e. The van der Waals surface area contributed by atoms with Crippen LogP contribution < -0.4 is 0 Å². The van der Waals surface area contributed by atoms with Crippen LogP contribution in [-0.2, 0) is 4.74 Å². The topological polar surface area (TPSA) is 56.5 Å². The molecule has 1 aliphatic rings. The lowest BCUT2D eigenvalue weighted by Gasteiger charge is -2.36.